The Morgan fingerprint density at radius 2 is 2.07 bits per heavy atom. The number of alkyl halides is 1. The molecule has 14 heavy (non-hydrogen) atoms. The number of nitrogens with zero attached hydrogens (tertiary/aromatic N) is 1. The molecule has 5 heteroatoms. The number of hydrogen-bond acceptors (Lipinski definition) is 2. The number of amides is 3. The summed E-state index contributed by atoms with van der Waals surface area (Å²) in [5.74, 6) is -0.495. The number of hydrogen-bond donors (Lipinski definition) is 1. The topological polar surface area (TPSA) is 49.4 Å². The van der Waals surface area contributed by atoms with Crippen LogP contribution in [-0.2, 0) is 4.79 Å². The summed E-state index contributed by atoms with van der Waals surface area (Å²) < 4.78 is 0. The number of imide groups is 1. The molecule has 4 nitrogen and oxygen atoms in total. The van der Waals surface area contributed by atoms with Gasteiger partial charge in [0.15, 0.2) is 0 Å². The fraction of sp³-hybridized carbons (Fsp3) is 0.556. The van der Waals surface area contributed by atoms with Crippen LogP contribution < -0.4 is 5.32 Å². The molecule has 0 rings (SSSR count). The highest BCUT2D eigenvalue weighted by Gasteiger charge is 2.15. The largest absolute Gasteiger partial charge is 0.324 e. The van der Waals surface area contributed by atoms with Crippen molar-refractivity contribution >= 4 is 23.5 Å². The minimum absolute atomic E-state index is 0.412. The van der Waals surface area contributed by atoms with Crippen LogP contribution in [0.25, 0.3) is 0 Å². The molecule has 0 spiro atoms. The molecular weight excluding hydrogens is 204 g/mol. The number of carbonyl (C=O) groups is 2. The summed E-state index contributed by atoms with van der Waals surface area (Å²) in [7, 11) is 1.58. The Hall–Kier alpha value is -1.03. The molecule has 1 atom stereocenters. The average Bonchev–Trinajstić information content (AvgIpc) is 2.02. The Balaban J connectivity index is 4.08. The van der Waals surface area contributed by atoms with Gasteiger partial charge in [-0.3, -0.25) is 10.1 Å². The maximum absolute atomic E-state index is 11.3. The van der Waals surface area contributed by atoms with Gasteiger partial charge in [0.05, 0.1) is 0 Å². The van der Waals surface area contributed by atoms with Crippen molar-refractivity contribution in [2.24, 2.45) is 0 Å². The minimum Gasteiger partial charge on any atom is -0.324 e. The fourth-order valence-electron chi connectivity index (χ4n) is 0.777. The molecule has 3 amide bonds. The van der Waals surface area contributed by atoms with Crippen LogP contribution in [0.5, 0.6) is 0 Å². The predicted molar refractivity (Wildman–Crippen MR) is 56.3 cm³/mol. The van der Waals surface area contributed by atoms with Gasteiger partial charge < -0.3 is 4.90 Å². The van der Waals surface area contributed by atoms with E-state index in [-0.39, 0.29) is 0 Å². The molecule has 0 aromatic carbocycles. The summed E-state index contributed by atoms with van der Waals surface area (Å²) in [5.41, 5.74) is 0.842. The molecule has 0 saturated carbocycles. The van der Waals surface area contributed by atoms with Gasteiger partial charge in [0.25, 0.3) is 0 Å². The second-order valence-electron chi connectivity index (χ2n) is 3.22. The van der Waals surface area contributed by atoms with Crippen LogP contribution in [0.15, 0.2) is 12.2 Å². The Morgan fingerprint density at radius 1 is 1.57 bits per heavy atom. The quantitative estimate of drug-likeness (QED) is 0.575. The maximum atomic E-state index is 11.3. The van der Waals surface area contributed by atoms with Crippen LogP contribution in [0.3, 0.4) is 0 Å². The lowest BCUT2D eigenvalue weighted by Crippen LogP contribution is -2.43. The Bertz CT molecular complexity index is 251. The predicted octanol–water partition coefficient (Wildman–Crippen LogP) is 1.36. The van der Waals surface area contributed by atoms with E-state index in [2.05, 4.69) is 11.9 Å². The number of urea groups is 1. The van der Waals surface area contributed by atoms with Gasteiger partial charge in [0.1, 0.15) is 5.38 Å². The van der Waals surface area contributed by atoms with E-state index in [4.69, 9.17) is 11.6 Å². The molecule has 0 radical (unpaired) electrons. The van der Waals surface area contributed by atoms with E-state index in [1.807, 2.05) is 0 Å². The van der Waals surface area contributed by atoms with Crippen molar-refractivity contribution in [2.45, 2.75) is 19.2 Å². The summed E-state index contributed by atoms with van der Waals surface area (Å²) in [6.07, 6.45) is 0. The van der Waals surface area contributed by atoms with E-state index in [1.165, 1.54) is 11.8 Å². The number of carbonyl (C=O) groups excluding carboxylic acids is 2. The average molecular weight is 219 g/mol. The van der Waals surface area contributed by atoms with Crippen LogP contribution >= 0.6 is 11.6 Å². The second-order valence-corrected chi connectivity index (χ2v) is 3.88. The molecule has 80 valence electrons. The Kier molecular flexibility index (Phi) is 5.23. The van der Waals surface area contributed by atoms with E-state index < -0.39 is 17.3 Å². The third-order valence-corrected chi connectivity index (χ3v) is 1.64. The summed E-state index contributed by atoms with van der Waals surface area (Å²) >= 11 is 5.48. The summed E-state index contributed by atoms with van der Waals surface area (Å²) in [4.78, 5) is 23.7. The molecule has 0 fully saturated rings. The first-order valence-corrected chi connectivity index (χ1v) is 4.62. The molecule has 1 N–H and O–H groups in total. The van der Waals surface area contributed by atoms with Gasteiger partial charge in [-0.15, -0.1) is 11.6 Å². The van der Waals surface area contributed by atoms with E-state index in [0.717, 1.165) is 5.57 Å². The zero-order valence-electron chi connectivity index (χ0n) is 8.63. The lowest BCUT2D eigenvalue weighted by atomic mass is 10.3. The molecule has 0 saturated heterocycles. The smallest absolute Gasteiger partial charge is 0.324 e. The summed E-state index contributed by atoms with van der Waals surface area (Å²) in [6, 6.07) is -0.467. The number of likely N-dealkylation sites (N-methyl/N-ethyl adjacent to an activating group) is 1. The van der Waals surface area contributed by atoms with Crippen LogP contribution in [0.2, 0.25) is 0 Å². The molecule has 0 aliphatic heterocycles. The van der Waals surface area contributed by atoms with Gasteiger partial charge in [0.2, 0.25) is 5.91 Å². The molecular formula is C9H15ClN2O2. The zero-order chi connectivity index (χ0) is 11.3. The minimum atomic E-state index is -0.711. The van der Waals surface area contributed by atoms with Crippen molar-refractivity contribution in [3.63, 3.8) is 0 Å². The first kappa shape index (κ1) is 13.0. The molecule has 0 aliphatic carbocycles. The van der Waals surface area contributed by atoms with E-state index in [1.54, 1.807) is 14.0 Å². The summed E-state index contributed by atoms with van der Waals surface area (Å²) in [6.45, 7) is 7.38. The number of rotatable bonds is 3. The zero-order valence-corrected chi connectivity index (χ0v) is 9.39. The van der Waals surface area contributed by atoms with Crippen molar-refractivity contribution in [1.29, 1.82) is 0 Å². The van der Waals surface area contributed by atoms with Crippen LogP contribution in [0.1, 0.15) is 13.8 Å². The van der Waals surface area contributed by atoms with E-state index in [0.29, 0.717) is 6.54 Å². The Morgan fingerprint density at radius 3 is 2.43 bits per heavy atom. The molecule has 0 heterocycles. The highest BCUT2D eigenvalue weighted by atomic mass is 35.5. The van der Waals surface area contributed by atoms with Crippen molar-refractivity contribution in [2.75, 3.05) is 13.6 Å². The third kappa shape index (κ3) is 4.87. The number of nitrogens with one attached hydrogen (secondary N) is 1. The van der Waals surface area contributed by atoms with Crippen molar-refractivity contribution in [1.82, 2.24) is 10.2 Å². The van der Waals surface area contributed by atoms with Gasteiger partial charge in [0, 0.05) is 13.6 Å². The standard InChI is InChI=1S/C9H15ClN2O2/c1-6(2)5-12(4)9(14)11-8(13)7(3)10/h7H,1,5H2,2-4H3,(H,11,13,14). The summed E-state index contributed by atoms with van der Waals surface area (Å²) in [5, 5.41) is 1.45. The first-order valence-electron chi connectivity index (χ1n) is 4.19. The molecule has 1 unspecified atom stereocenters. The maximum Gasteiger partial charge on any atom is 0.324 e. The molecule has 0 bridgehead atoms. The van der Waals surface area contributed by atoms with Crippen molar-refractivity contribution < 1.29 is 9.59 Å². The fourth-order valence-corrected chi connectivity index (χ4v) is 0.832. The number of halogens is 1. The molecule has 0 aliphatic rings. The van der Waals surface area contributed by atoms with Crippen molar-refractivity contribution in [3.8, 4) is 0 Å². The van der Waals surface area contributed by atoms with Gasteiger partial charge in [-0.1, -0.05) is 12.2 Å². The van der Waals surface area contributed by atoms with Crippen molar-refractivity contribution in [3.05, 3.63) is 12.2 Å². The van der Waals surface area contributed by atoms with E-state index >= 15 is 0 Å². The van der Waals surface area contributed by atoms with Crippen LogP contribution in [0, 0.1) is 0 Å². The highest BCUT2D eigenvalue weighted by Crippen LogP contribution is 1.96. The second kappa shape index (κ2) is 5.65. The normalized spacial score (nSPS) is 11.7. The highest BCUT2D eigenvalue weighted by molar-refractivity contribution is 6.31. The lowest BCUT2D eigenvalue weighted by Gasteiger charge is -2.17. The van der Waals surface area contributed by atoms with Crippen LogP contribution in [0.4, 0.5) is 4.79 Å². The monoisotopic (exact) mass is 218 g/mol. The van der Waals surface area contributed by atoms with Gasteiger partial charge in [-0.25, -0.2) is 4.79 Å². The van der Waals surface area contributed by atoms with Gasteiger partial charge in [-0.2, -0.15) is 0 Å². The van der Waals surface area contributed by atoms with Gasteiger partial charge >= 0.3 is 6.03 Å². The lowest BCUT2D eigenvalue weighted by molar-refractivity contribution is -0.119. The third-order valence-electron chi connectivity index (χ3n) is 1.45. The van der Waals surface area contributed by atoms with Crippen LogP contribution in [-0.4, -0.2) is 35.8 Å². The molecule has 0 aromatic rings. The Labute approximate surface area is 88.9 Å². The SMILES string of the molecule is C=C(C)CN(C)C(=O)NC(=O)C(C)Cl. The van der Waals surface area contributed by atoms with E-state index in [9.17, 15) is 9.59 Å². The first-order chi connectivity index (χ1) is 6.34. The van der Waals surface area contributed by atoms with Gasteiger partial charge in [-0.05, 0) is 13.8 Å². The molecule has 0 aromatic heterocycles.